The first-order valence-electron chi connectivity index (χ1n) is 6.32. The second-order valence-corrected chi connectivity index (χ2v) is 4.22. The molecule has 94 valence electrons. The van der Waals surface area contributed by atoms with Gasteiger partial charge in [0.05, 0.1) is 0 Å². The third-order valence-electron chi connectivity index (χ3n) is 2.75. The summed E-state index contributed by atoms with van der Waals surface area (Å²) in [5, 5.41) is 0. The van der Waals surface area contributed by atoms with Crippen molar-refractivity contribution in [3.63, 3.8) is 0 Å². The molecule has 0 atom stereocenters. The third-order valence-corrected chi connectivity index (χ3v) is 2.75. The van der Waals surface area contributed by atoms with Crippen molar-refractivity contribution in [1.82, 2.24) is 0 Å². The van der Waals surface area contributed by atoms with E-state index in [1.807, 2.05) is 42.5 Å². The summed E-state index contributed by atoms with van der Waals surface area (Å²) in [4.78, 5) is 10.2. The molecule has 0 radical (unpaired) electrons. The molecular weight excluding hydrogens is 232 g/mol. The first-order chi connectivity index (χ1) is 9.38. The van der Waals surface area contributed by atoms with Gasteiger partial charge >= 0.3 is 0 Å². The maximum absolute atomic E-state index is 10.2. The Morgan fingerprint density at radius 2 is 1.21 bits per heavy atom. The zero-order valence-electron chi connectivity index (χ0n) is 10.7. The van der Waals surface area contributed by atoms with Gasteiger partial charge in [-0.05, 0) is 16.7 Å². The summed E-state index contributed by atoms with van der Waals surface area (Å²) in [5.41, 5.74) is 3.47. The molecule has 2 aromatic rings. The minimum atomic E-state index is 0.468. The Labute approximate surface area is 113 Å². The van der Waals surface area contributed by atoms with Crippen molar-refractivity contribution < 1.29 is 4.79 Å². The van der Waals surface area contributed by atoms with Crippen molar-refractivity contribution in [2.24, 2.45) is 0 Å². The summed E-state index contributed by atoms with van der Waals surface area (Å²) < 4.78 is 0. The van der Waals surface area contributed by atoms with Gasteiger partial charge in [-0.25, -0.2) is 0 Å². The van der Waals surface area contributed by atoms with Gasteiger partial charge in [-0.2, -0.15) is 0 Å². The van der Waals surface area contributed by atoms with Crippen LogP contribution >= 0.6 is 0 Å². The molecule has 0 aliphatic carbocycles. The summed E-state index contributed by atoms with van der Waals surface area (Å²) in [5.74, 6) is 0. The van der Waals surface area contributed by atoms with Gasteiger partial charge in [0.1, 0.15) is 6.29 Å². The molecule has 2 rings (SSSR count). The Bertz CT molecular complexity index is 562. The maximum atomic E-state index is 10.2. The fraction of sp³-hybridized carbons (Fsp3) is 0.0556. The van der Waals surface area contributed by atoms with Crippen LogP contribution in [0.4, 0.5) is 0 Å². The molecule has 1 heteroatoms. The molecule has 0 aromatic heterocycles. The summed E-state index contributed by atoms with van der Waals surface area (Å²) in [7, 11) is 0. The van der Waals surface area contributed by atoms with Crippen LogP contribution in [0.5, 0.6) is 0 Å². The van der Waals surface area contributed by atoms with Gasteiger partial charge in [-0.15, -0.1) is 0 Å². The van der Waals surface area contributed by atoms with Crippen LogP contribution in [0.25, 0.3) is 18.2 Å². The minimum absolute atomic E-state index is 0.468. The normalized spacial score (nSPS) is 11.2. The van der Waals surface area contributed by atoms with E-state index in [0.29, 0.717) is 6.42 Å². The van der Waals surface area contributed by atoms with Gasteiger partial charge in [0.2, 0.25) is 0 Å². The number of allylic oxidation sites excluding steroid dienone is 1. The van der Waals surface area contributed by atoms with Crippen molar-refractivity contribution in [2.75, 3.05) is 0 Å². The summed E-state index contributed by atoms with van der Waals surface area (Å²) in [6, 6.07) is 18.5. The number of carbonyl (C=O) groups excluding carboxylic acids is 1. The van der Waals surface area contributed by atoms with E-state index in [2.05, 4.69) is 36.4 Å². The van der Waals surface area contributed by atoms with E-state index in [1.54, 1.807) is 0 Å². The predicted octanol–water partition coefficient (Wildman–Crippen LogP) is 4.46. The van der Waals surface area contributed by atoms with Gasteiger partial charge in [0.25, 0.3) is 0 Å². The van der Waals surface area contributed by atoms with Gasteiger partial charge in [-0.1, -0.05) is 78.9 Å². The van der Waals surface area contributed by atoms with E-state index < -0.39 is 0 Å². The number of hydrogen-bond donors (Lipinski definition) is 0. The highest BCUT2D eigenvalue weighted by molar-refractivity contribution is 5.70. The molecule has 0 spiro atoms. The number of carbonyl (C=O) groups is 1. The highest BCUT2D eigenvalue weighted by Crippen LogP contribution is 2.10. The molecule has 0 N–H and O–H groups in total. The fourth-order valence-electron chi connectivity index (χ4n) is 1.73. The van der Waals surface area contributed by atoms with Crippen LogP contribution in [0.1, 0.15) is 23.1 Å². The lowest BCUT2D eigenvalue weighted by atomic mass is 10.1. The Hall–Kier alpha value is -2.41. The number of rotatable bonds is 5. The molecule has 0 amide bonds. The average molecular weight is 248 g/mol. The summed E-state index contributed by atoms with van der Waals surface area (Å²) >= 11 is 0. The van der Waals surface area contributed by atoms with Crippen molar-refractivity contribution in [1.29, 1.82) is 0 Å². The molecule has 0 fully saturated rings. The quantitative estimate of drug-likeness (QED) is 0.564. The van der Waals surface area contributed by atoms with Gasteiger partial charge in [-0.3, -0.25) is 0 Å². The van der Waals surface area contributed by atoms with Gasteiger partial charge in [0.15, 0.2) is 0 Å². The van der Waals surface area contributed by atoms with Gasteiger partial charge < -0.3 is 4.79 Å². The molecule has 2 aromatic carbocycles. The topological polar surface area (TPSA) is 17.1 Å². The molecular formula is C18H16O. The molecule has 1 nitrogen and oxygen atoms in total. The smallest absolute Gasteiger partial charge is 0.123 e. The largest absolute Gasteiger partial charge is 0.303 e. The molecule has 19 heavy (non-hydrogen) atoms. The Morgan fingerprint density at radius 1 is 0.684 bits per heavy atom. The second kappa shape index (κ2) is 7.12. The van der Waals surface area contributed by atoms with Crippen molar-refractivity contribution in [3.8, 4) is 0 Å². The van der Waals surface area contributed by atoms with Crippen LogP contribution in [-0.2, 0) is 4.79 Å². The standard InChI is InChI=1S/C18H16O/c19-15-5-4-8-17-10-13-18(14-11-17)12-9-16-6-2-1-3-7-16/h1-4,6-15H,5H2. The lowest BCUT2D eigenvalue weighted by Crippen LogP contribution is -1.75. The van der Waals surface area contributed by atoms with Crippen LogP contribution in [0.2, 0.25) is 0 Å². The minimum Gasteiger partial charge on any atom is -0.303 e. The number of aldehydes is 1. The van der Waals surface area contributed by atoms with Gasteiger partial charge in [0, 0.05) is 6.42 Å². The molecule has 0 saturated heterocycles. The zero-order chi connectivity index (χ0) is 13.3. The Kier molecular flexibility index (Phi) is 4.88. The van der Waals surface area contributed by atoms with Crippen LogP contribution < -0.4 is 0 Å². The number of hydrogen-bond acceptors (Lipinski definition) is 1. The van der Waals surface area contributed by atoms with E-state index in [0.717, 1.165) is 17.4 Å². The van der Waals surface area contributed by atoms with E-state index in [4.69, 9.17) is 0 Å². The SMILES string of the molecule is O=CCC=Cc1ccc(C=Cc2ccccc2)cc1. The van der Waals surface area contributed by atoms with Crippen molar-refractivity contribution in [2.45, 2.75) is 6.42 Å². The van der Waals surface area contributed by atoms with Crippen LogP contribution in [-0.4, -0.2) is 6.29 Å². The van der Waals surface area contributed by atoms with Crippen LogP contribution in [0, 0.1) is 0 Å². The van der Waals surface area contributed by atoms with Crippen LogP contribution in [0.3, 0.4) is 0 Å². The monoisotopic (exact) mass is 248 g/mol. The fourth-order valence-corrected chi connectivity index (χ4v) is 1.73. The summed E-state index contributed by atoms with van der Waals surface area (Å²) in [6.45, 7) is 0. The first kappa shape index (κ1) is 13.0. The van der Waals surface area contributed by atoms with E-state index in [-0.39, 0.29) is 0 Å². The second-order valence-electron chi connectivity index (χ2n) is 4.22. The molecule has 0 aliphatic heterocycles. The molecule has 0 aliphatic rings. The predicted molar refractivity (Wildman–Crippen MR) is 81.5 cm³/mol. The summed E-state index contributed by atoms with van der Waals surface area (Å²) in [6.07, 6.45) is 9.37. The van der Waals surface area contributed by atoms with E-state index in [1.165, 1.54) is 5.56 Å². The highest BCUT2D eigenvalue weighted by Gasteiger charge is 1.89. The van der Waals surface area contributed by atoms with E-state index >= 15 is 0 Å². The lowest BCUT2D eigenvalue weighted by Gasteiger charge is -1.96. The van der Waals surface area contributed by atoms with E-state index in [9.17, 15) is 4.79 Å². The third kappa shape index (κ3) is 4.40. The molecule has 0 unspecified atom stereocenters. The average Bonchev–Trinajstić information content (AvgIpc) is 2.48. The number of benzene rings is 2. The van der Waals surface area contributed by atoms with Crippen molar-refractivity contribution in [3.05, 3.63) is 77.4 Å². The first-order valence-corrected chi connectivity index (χ1v) is 6.32. The zero-order valence-corrected chi connectivity index (χ0v) is 10.7. The molecule has 0 heterocycles. The molecule has 0 saturated carbocycles. The van der Waals surface area contributed by atoms with Crippen LogP contribution in [0.15, 0.2) is 60.7 Å². The Morgan fingerprint density at radius 3 is 1.79 bits per heavy atom. The highest BCUT2D eigenvalue weighted by atomic mass is 16.1. The lowest BCUT2D eigenvalue weighted by molar-refractivity contribution is -0.107. The van der Waals surface area contributed by atoms with Crippen molar-refractivity contribution >= 4 is 24.5 Å². The maximum Gasteiger partial charge on any atom is 0.123 e. The Balaban J connectivity index is 2.02. The molecule has 0 bridgehead atoms.